The van der Waals surface area contributed by atoms with Crippen molar-refractivity contribution in [3.63, 3.8) is 0 Å². The molecule has 3 aliphatic rings. The highest BCUT2D eigenvalue weighted by molar-refractivity contribution is 5.74. The predicted octanol–water partition coefficient (Wildman–Crippen LogP) is 2.37. The van der Waals surface area contributed by atoms with Crippen molar-refractivity contribution in [1.29, 1.82) is 0 Å². The van der Waals surface area contributed by atoms with Crippen molar-refractivity contribution in [3.8, 4) is 0 Å². The lowest BCUT2D eigenvalue weighted by Crippen LogP contribution is -2.33. The third-order valence-electron chi connectivity index (χ3n) is 4.69. The van der Waals surface area contributed by atoms with Crippen LogP contribution in [0.1, 0.15) is 46.5 Å². The Bertz CT molecular complexity index is 475. The fourth-order valence-electron chi connectivity index (χ4n) is 3.91. The molecule has 0 radical (unpaired) electrons. The first kappa shape index (κ1) is 12.7. The molecule has 0 aromatic rings. The zero-order valence-corrected chi connectivity index (χ0v) is 11.7. The maximum Gasteiger partial charge on any atom is 0.306 e. The fourth-order valence-corrected chi connectivity index (χ4v) is 3.91. The number of esters is 2. The van der Waals surface area contributed by atoms with Crippen LogP contribution in [0.4, 0.5) is 0 Å². The van der Waals surface area contributed by atoms with Crippen molar-refractivity contribution >= 4 is 11.9 Å². The van der Waals surface area contributed by atoms with E-state index in [0.717, 1.165) is 19.3 Å². The average molecular weight is 264 g/mol. The zero-order valence-electron chi connectivity index (χ0n) is 11.7. The molecule has 0 saturated carbocycles. The normalized spacial score (nSPS) is 35.7. The van der Waals surface area contributed by atoms with Crippen molar-refractivity contribution in [2.24, 2.45) is 11.3 Å². The van der Waals surface area contributed by atoms with Crippen LogP contribution >= 0.6 is 0 Å². The van der Waals surface area contributed by atoms with Crippen molar-refractivity contribution in [2.45, 2.75) is 58.7 Å². The minimum absolute atomic E-state index is 0.0377. The minimum Gasteiger partial charge on any atom is -0.458 e. The second-order valence-corrected chi connectivity index (χ2v) is 6.54. The molecular formula is C15H20O4. The van der Waals surface area contributed by atoms with Crippen molar-refractivity contribution in [1.82, 2.24) is 0 Å². The van der Waals surface area contributed by atoms with E-state index in [0.29, 0.717) is 6.42 Å². The Morgan fingerprint density at radius 3 is 2.79 bits per heavy atom. The van der Waals surface area contributed by atoms with Crippen LogP contribution in [-0.4, -0.2) is 24.1 Å². The molecule has 2 aliphatic carbocycles. The van der Waals surface area contributed by atoms with Crippen molar-refractivity contribution in [3.05, 3.63) is 11.1 Å². The molecule has 0 bridgehead atoms. The van der Waals surface area contributed by atoms with E-state index in [1.54, 1.807) is 0 Å². The van der Waals surface area contributed by atoms with E-state index in [9.17, 15) is 9.59 Å². The predicted molar refractivity (Wildman–Crippen MR) is 68.2 cm³/mol. The first-order valence-corrected chi connectivity index (χ1v) is 6.98. The van der Waals surface area contributed by atoms with E-state index in [1.165, 1.54) is 18.1 Å². The van der Waals surface area contributed by atoms with Crippen LogP contribution in [-0.2, 0) is 19.1 Å². The molecule has 4 nitrogen and oxygen atoms in total. The van der Waals surface area contributed by atoms with Gasteiger partial charge >= 0.3 is 11.9 Å². The smallest absolute Gasteiger partial charge is 0.306 e. The largest absolute Gasteiger partial charge is 0.458 e. The van der Waals surface area contributed by atoms with Gasteiger partial charge in [-0.15, -0.1) is 0 Å². The molecule has 1 aliphatic heterocycles. The highest BCUT2D eigenvalue weighted by atomic mass is 16.6. The molecule has 1 fully saturated rings. The van der Waals surface area contributed by atoms with Gasteiger partial charge in [0, 0.05) is 12.8 Å². The summed E-state index contributed by atoms with van der Waals surface area (Å²) in [6, 6.07) is 0. The lowest BCUT2D eigenvalue weighted by Gasteiger charge is -2.37. The first-order valence-electron chi connectivity index (χ1n) is 6.98. The molecule has 0 unspecified atom stereocenters. The van der Waals surface area contributed by atoms with Gasteiger partial charge in [-0.25, -0.2) is 0 Å². The molecule has 3 atom stereocenters. The number of ether oxygens (including phenoxy) is 2. The van der Waals surface area contributed by atoms with Crippen LogP contribution in [0.2, 0.25) is 0 Å². The number of hydrogen-bond donors (Lipinski definition) is 0. The summed E-state index contributed by atoms with van der Waals surface area (Å²) in [4.78, 5) is 22.7. The van der Waals surface area contributed by atoms with Gasteiger partial charge in [-0.1, -0.05) is 13.8 Å². The molecule has 104 valence electrons. The maximum atomic E-state index is 11.5. The van der Waals surface area contributed by atoms with Crippen molar-refractivity contribution < 1.29 is 19.1 Å². The van der Waals surface area contributed by atoms with E-state index >= 15 is 0 Å². The van der Waals surface area contributed by atoms with Gasteiger partial charge in [-0.2, -0.15) is 0 Å². The minimum atomic E-state index is -0.231. The summed E-state index contributed by atoms with van der Waals surface area (Å²) in [6.07, 6.45) is 3.00. The Kier molecular flexibility index (Phi) is 2.73. The molecule has 1 saturated heterocycles. The van der Waals surface area contributed by atoms with E-state index in [1.807, 2.05) is 0 Å². The summed E-state index contributed by atoms with van der Waals surface area (Å²) >= 11 is 0. The van der Waals surface area contributed by atoms with Gasteiger partial charge in [-0.3, -0.25) is 9.59 Å². The standard InChI is InChI=1S/C15H20O4/c1-8(16)18-11-4-5-15(2,3)13-10(11)6-9-7-12(17)19-14(9)13/h9,11,14H,4-7H2,1-3H3/t9-,11+,14+/m0/s1. The molecule has 19 heavy (non-hydrogen) atoms. The highest BCUT2D eigenvalue weighted by Gasteiger charge is 2.52. The third-order valence-corrected chi connectivity index (χ3v) is 4.69. The summed E-state index contributed by atoms with van der Waals surface area (Å²) in [5.41, 5.74) is 2.48. The molecule has 1 heterocycles. The molecule has 0 spiro atoms. The van der Waals surface area contributed by atoms with Gasteiger partial charge in [0.05, 0.1) is 6.42 Å². The van der Waals surface area contributed by atoms with E-state index < -0.39 is 0 Å². The number of fused-ring (bicyclic) bond motifs is 2. The topological polar surface area (TPSA) is 52.6 Å². The Hall–Kier alpha value is -1.32. The van der Waals surface area contributed by atoms with Crippen LogP contribution in [0.3, 0.4) is 0 Å². The van der Waals surface area contributed by atoms with Crippen LogP contribution in [0.5, 0.6) is 0 Å². The second-order valence-electron chi connectivity index (χ2n) is 6.54. The number of carbonyl (C=O) groups excluding carboxylic acids is 2. The summed E-state index contributed by atoms with van der Waals surface area (Å²) < 4.78 is 11.0. The maximum absolute atomic E-state index is 11.5. The van der Waals surface area contributed by atoms with Gasteiger partial charge in [0.25, 0.3) is 0 Å². The first-order chi connectivity index (χ1) is 8.88. The summed E-state index contributed by atoms with van der Waals surface area (Å²) in [5.74, 6) is -0.0643. The molecule has 0 amide bonds. The molecule has 3 rings (SSSR count). The van der Waals surface area contributed by atoms with E-state index in [4.69, 9.17) is 9.47 Å². The van der Waals surface area contributed by atoms with Gasteiger partial charge in [-0.05, 0) is 35.8 Å². The third kappa shape index (κ3) is 1.97. The molecule has 0 aromatic heterocycles. The molecular weight excluding hydrogens is 244 g/mol. The second kappa shape index (κ2) is 4.09. The quantitative estimate of drug-likeness (QED) is 0.539. The van der Waals surface area contributed by atoms with Crippen LogP contribution < -0.4 is 0 Å². The van der Waals surface area contributed by atoms with Crippen LogP contribution in [0, 0.1) is 11.3 Å². The van der Waals surface area contributed by atoms with Gasteiger partial charge in [0.15, 0.2) is 0 Å². The summed E-state index contributed by atoms with van der Waals surface area (Å²) in [6.45, 7) is 5.84. The average Bonchev–Trinajstić information content (AvgIpc) is 2.77. The SMILES string of the molecule is CC(=O)O[C@@H]1CCC(C)(C)C2=C1C[C@H]1CC(=O)O[C@@H]21. The van der Waals surface area contributed by atoms with Gasteiger partial charge in [0.2, 0.25) is 0 Å². The van der Waals surface area contributed by atoms with Crippen LogP contribution in [0.15, 0.2) is 11.1 Å². The van der Waals surface area contributed by atoms with Crippen molar-refractivity contribution in [2.75, 3.05) is 0 Å². The number of rotatable bonds is 1. The lowest BCUT2D eigenvalue weighted by molar-refractivity contribution is -0.146. The Morgan fingerprint density at radius 1 is 1.37 bits per heavy atom. The lowest BCUT2D eigenvalue weighted by atomic mass is 9.71. The summed E-state index contributed by atoms with van der Waals surface area (Å²) in [7, 11) is 0. The Labute approximate surface area is 113 Å². The Balaban J connectivity index is 1.96. The van der Waals surface area contributed by atoms with Gasteiger partial charge < -0.3 is 9.47 Å². The highest BCUT2D eigenvalue weighted by Crippen LogP contribution is 2.54. The Morgan fingerprint density at radius 2 is 2.11 bits per heavy atom. The van der Waals surface area contributed by atoms with Crippen LogP contribution in [0.25, 0.3) is 0 Å². The van der Waals surface area contributed by atoms with E-state index in [-0.39, 0.29) is 35.5 Å². The monoisotopic (exact) mass is 264 g/mol. The number of hydrogen-bond acceptors (Lipinski definition) is 4. The zero-order chi connectivity index (χ0) is 13.8. The number of carbonyl (C=O) groups is 2. The van der Waals surface area contributed by atoms with E-state index in [2.05, 4.69) is 13.8 Å². The molecule has 0 N–H and O–H groups in total. The van der Waals surface area contributed by atoms with Gasteiger partial charge in [0.1, 0.15) is 12.2 Å². The molecule has 0 aromatic carbocycles. The summed E-state index contributed by atoms with van der Waals surface area (Å²) in [5, 5.41) is 0. The fraction of sp³-hybridized carbons (Fsp3) is 0.733. The molecule has 4 heteroatoms.